The average molecular weight is 310 g/mol. The van der Waals surface area contributed by atoms with E-state index in [2.05, 4.69) is 44.4 Å². The third kappa shape index (κ3) is 3.50. The smallest absolute Gasteiger partial charge is 0.0829 e. The van der Waals surface area contributed by atoms with E-state index in [0.29, 0.717) is 18.2 Å². The summed E-state index contributed by atoms with van der Waals surface area (Å²) < 4.78 is 12.3. The molecule has 3 heterocycles. The van der Waals surface area contributed by atoms with Crippen LogP contribution in [0.2, 0.25) is 0 Å². The zero-order chi connectivity index (χ0) is 16.0. The number of hydrogen-bond donors (Lipinski definition) is 0. The molecule has 0 aliphatic carbocycles. The predicted octanol–water partition coefficient (Wildman–Crippen LogP) is 2.52. The van der Waals surface area contributed by atoms with Gasteiger partial charge in [-0.1, -0.05) is 0 Å². The topological polar surface area (TPSA) is 24.9 Å². The molecule has 0 spiro atoms. The number of fused-ring (bicyclic) bond motifs is 2. The molecule has 4 heteroatoms. The molecule has 3 fully saturated rings. The molecule has 0 aromatic carbocycles. The predicted molar refractivity (Wildman–Crippen MR) is 89.2 cm³/mol. The lowest BCUT2D eigenvalue weighted by atomic mass is 9.90. The van der Waals surface area contributed by atoms with E-state index >= 15 is 0 Å². The molecule has 22 heavy (non-hydrogen) atoms. The summed E-state index contributed by atoms with van der Waals surface area (Å²) in [6.07, 6.45) is 4.09. The van der Waals surface area contributed by atoms with Crippen molar-refractivity contribution in [1.82, 2.24) is 9.80 Å². The van der Waals surface area contributed by atoms with Crippen molar-refractivity contribution in [2.75, 3.05) is 32.8 Å². The summed E-state index contributed by atoms with van der Waals surface area (Å²) in [5, 5.41) is 0. The summed E-state index contributed by atoms with van der Waals surface area (Å²) in [4.78, 5) is 5.22. The maximum absolute atomic E-state index is 6.48. The van der Waals surface area contributed by atoms with E-state index in [-0.39, 0.29) is 11.2 Å². The van der Waals surface area contributed by atoms with Crippen LogP contribution in [-0.4, -0.2) is 72.0 Å². The SMILES string of the molecule is CC(C)N1CC2CCC(CC(C)N3CCOC(C)(C)C3)(C1)O2. The fourth-order valence-electron chi connectivity index (χ4n) is 4.54. The Morgan fingerprint density at radius 2 is 1.91 bits per heavy atom. The van der Waals surface area contributed by atoms with E-state index in [1.54, 1.807) is 0 Å². The minimum atomic E-state index is -0.0141. The summed E-state index contributed by atoms with van der Waals surface area (Å²) in [5.74, 6) is 0. The Balaban J connectivity index is 1.64. The van der Waals surface area contributed by atoms with Gasteiger partial charge in [0.2, 0.25) is 0 Å². The first kappa shape index (κ1) is 16.7. The first-order valence-corrected chi connectivity index (χ1v) is 9.08. The van der Waals surface area contributed by atoms with Gasteiger partial charge < -0.3 is 9.47 Å². The number of ether oxygens (including phenoxy) is 2. The maximum Gasteiger partial charge on any atom is 0.0829 e. The Labute approximate surface area is 136 Å². The van der Waals surface area contributed by atoms with Crippen molar-refractivity contribution in [3.63, 3.8) is 0 Å². The van der Waals surface area contributed by atoms with Crippen molar-refractivity contribution < 1.29 is 9.47 Å². The fourth-order valence-corrected chi connectivity index (χ4v) is 4.54. The van der Waals surface area contributed by atoms with E-state index in [0.717, 1.165) is 39.2 Å². The van der Waals surface area contributed by atoms with Gasteiger partial charge >= 0.3 is 0 Å². The molecular formula is C18H34N2O2. The van der Waals surface area contributed by atoms with Gasteiger partial charge in [0.15, 0.2) is 0 Å². The van der Waals surface area contributed by atoms with Gasteiger partial charge in [0.25, 0.3) is 0 Å². The third-order valence-electron chi connectivity index (χ3n) is 5.74. The first-order valence-electron chi connectivity index (χ1n) is 9.08. The van der Waals surface area contributed by atoms with Crippen LogP contribution in [0.5, 0.6) is 0 Å². The summed E-state index contributed by atoms with van der Waals surface area (Å²) >= 11 is 0. The van der Waals surface area contributed by atoms with Crippen LogP contribution in [0.1, 0.15) is 53.9 Å². The molecule has 128 valence electrons. The molecule has 3 unspecified atom stereocenters. The van der Waals surface area contributed by atoms with Gasteiger partial charge in [-0.2, -0.15) is 0 Å². The van der Waals surface area contributed by atoms with Crippen molar-refractivity contribution >= 4 is 0 Å². The van der Waals surface area contributed by atoms with Crippen molar-refractivity contribution in [3.05, 3.63) is 0 Å². The number of morpholine rings is 2. The lowest BCUT2D eigenvalue weighted by Crippen LogP contribution is -2.57. The Morgan fingerprint density at radius 1 is 1.14 bits per heavy atom. The van der Waals surface area contributed by atoms with Crippen molar-refractivity contribution in [2.24, 2.45) is 0 Å². The van der Waals surface area contributed by atoms with Crippen LogP contribution in [0.4, 0.5) is 0 Å². The monoisotopic (exact) mass is 310 g/mol. The first-order chi connectivity index (χ1) is 10.3. The normalized spacial score (nSPS) is 37.6. The fraction of sp³-hybridized carbons (Fsp3) is 1.00. The molecule has 3 saturated heterocycles. The molecule has 0 saturated carbocycles. The Kier molecular flexibility index (Phi) is 4.59. The van der Waals surface area contributed by atoms with E-state index < -0.39 is 0 Å². The molecule has 3 aliphatic rings. The van der Waals surface area contributed by atoms with Gasteiger partial charge in [0.1, 0.15) is 0 Å². The number of rotatable bonds is 4. The second-order valence-electron chi connectivity index (χ2n) is 8.62. The number of nitrogens with zero attached hydrogens (tertiary/aromatic N) is 2. The summed E-state index contributed by atoms with van der Waals surface area (Å²) in [6.45, 7) is 16.6. The zero-order valence-corrected chi connectivity index (χ0v) is 15.1. The maximum atomic E-state index is 6.48. The standard InChI is InChI=1S/C18H34N2O2/c1-14(2)20-11-16-6-7-18(13-20,22-16)10-15(3)19-8-9-21-17(4,5)12-19/h14-16H,6-13H2,1-5H3. The number of hydrogen-bond acceptors (Lipinski definition) is 4. The van der Waals surface area contributed by atoms with Gasteiger partial charge in [-0.3, -0.25) is 9.80 Å². The van der Waals surface area contributed by atoms with Crippen LogP contribution in [-0.2, 0) is 9.47 Å². The summed E-state index contributed by atoms with van der Waals surface area (Å²) in [5.41, 5.74) is 0.0782. The second kappa shape index (κ2) is 6.04. The molecular weight excluding hydrogens is 276 g/mol. The zero-order valence-electron chi connectivity index (χ0n) is 15.1. The Hall–Kier alpha value is -0.160. The highest BCUT2D eigenvalue weighted by Gasteiger charge is 2.48. The van der Waals surface area contributed by atoms with Gasteiger partial charge in [0.05, 0.1) is 23.9 Å². The molecule has 2 bridgehead atoms. The second-order valence-corrected chi connectivity index (χ2v) is 8.62. The molecule has 0 aromatic heterocycles. The molecule has 0 N–H and O–H groups in total. The lowest BCUT2D eigenvalue weighted by molar-refractivity contribution is -0.139. The van der Waals surface area contributed by atoms with Crippen molar-refractivity contribution in [3.8, 4) is 0 Å². The largest absolute Gasteiger partial charge is 0.373 e. The van der Waals surface area contributed by atoms with Crippen LogP contribution in [0, 0.1) is 0 Å². The molecule has 3 rings (SSSR count). The van der Waals surface area contributed by atoms with Gasteiger partial charge in [-0.15, -0.1) is 0 Å². The van der Waals surface area contributed by atoms with Crippen molar-refractivity contribution in [2.45, 2.75) is 83.3 Å². The van der Waals surface area contributed by atoms with Crippen LogP contribution >= 0.6 is 0 Å². The summed E-state index contributed by atoms with van der Waals surface area (Å²) in [7, 11) is 0. The van der Waals surface area contributed by atoms with E-state index in [9.17, 15) is 0 Å². The van der Waals surface area contributed by atoms with Gasteiger partial charge in [-0.25, -0.2) is 0 Å². The highest BCUT2D eigenvalue weighted by molar-refractivity contribution is 5.00. The summed E-state index contributed by atoms with van der Waals surface area (Å²) in [6, 6.07) is 1.19. The van der Waals surface area contributed by atoms with Crippen LogP contribution in [0.15, 0.2) is 0 Å². The van der Waals surface area contributed by atoms with E-state index in [1.807, 2.05) is 0 Å². The molecule has 3 aliphatic heterocycles. The molecule has 0 aromatic rings. The quantitative estimate of drug-likeness (QED) is 0.796. The minimum absolute atomic E-state index is 0.0141. The van der Waals surface area contributed by atoms with Gasteiger partial charge in [0, 0.05) is 38.3 Å². The highest BCUT2D eigenvalue weighted by atomic mass is 16.5. The highest BCUT2D eigenvalue weighted by Crippen LogP contribution is 2.40. The third-order valence-corrected chi connectivity index (χ3v) is 5.74. The molecule has 4 nitrogen and oxygen atoms in total. The molecule has 0 radical (unpaired) electrons. The van der Waals surface area contributed by atoms with E-state index in [1.165, 1.54) is 12.8 Å². The van der Waals surface area contributed by atoms with Crippen LogP contribution in [0.3, 0.4) is 0 Å². The number of likely N-dealkylation sites (tertiary alicyclic amines) is 1. The molecule has 3 atom stereocenters. The lowest BCUT2D eigenvalue weighted by Gasteiger charge is -2.46. The van der Waals surface area contributed by atoms with E-state index in [4.69, 9.17) is 9.47 Å². The minimum Gasteiger partial charge on any atom is -0.373 e. The van der Waals surface area contributed by atoms with Gasteiger partial charge in [-0.05, 0) is 53.9 Å². The molecule has 0 amide bonds. The average Bonchev–Trinajstić information content (AvgIpc) is 2.72. The van der Waals surface area contributed by atoms with Crippen LogP contribution < -0.4 is 0 Å². The Morgan fingerprint density at radius 3 is 2.59 bits per heavy atom. The Bertz CT molecular complexity index is 399. The van der Waals surface area contributed by atoms with Crippen LogP contribution in [0.25, 0.3) is 0 Å². The van der Waals surface area contributed by atoms with Crippen molar-refractivity contribution in [1.29, 1.82) is 0 Å².